The van der Waals surface area contributed by atoms with E-state index >= 15 is 0 Å². The maximum absolute atomic E-state index is 12.7. The van der Waals surface area contributed by atoms with Gasteiger partial charge in [-0.3, -0.25) is 9.71 Å². The predicted octanol–water partition coefficient (Wildman–Crippen LogP) is 4.18. The first-order chi connectivity index (χ1) is 13.3. The lowest BCUT2D eigenvalue weighted by Gasteiger charge is -2.20. The van der Waals surface area contributed by atoms with Crippen LogP contribution in [-0.4, -0.2) is 27.0 Å². The quantitative estimate of drug-likeness (QED) is 0.652. The summed E-state index contributed by atoms with van der Waals surface area (Å²) in [5.74, 6) is 0. The number of pyridine rings is 1. The van der Waals surface area contributed by atoms with Crippen LogP contribution in [0.3, 0.4) is 0 Å². The molecule has 146 valence electrons. The van der Waals surface area contributed by atoms with Crippen molar-refractivity contribution < 1.29 is 8.42 Å². The number of anilines is 2. The predicted molar refractivity (Wildman–Crippen MR) is 114 cm³/mol. The van der Waals surface area contributed by atoms with E-state index in [1.807, 2.05) is 57.3 Å². The van der Waals surface area contributed by atoms with Gasteiger partial charge in [-0.1, -0.05) is 17.7 Å². The van der Waals surface area contributed by atoms with E-state index in [0.29, 0.717) is 10.6 Å². The Morgan fingerprint density at radius 1 is 0.964 bits per heavy atom. The first-order valence-corrected chi connectivity index (χ1v) is 10.6. The van der Waals surface area contributed by atoms with Gasteiger partial charge in [-0.2, -0.15) is 0 Å². The molecule has 1 N–H and O–H groups in total. The van der Waals surface area contributed by atoms with Crippen LogP contribution in [0.4, 0.5) is 11.4 Å². The molecule has 2 aromatic carbocycles. The average molecular weight is 396 g/mol. The Morgan fingerprint density at radius 3 is 2.29 bits per heavy atom. The summed E-state index contributed by atoms with van der Waals surface area (Å²) >= 11 is 0. The second-order valence-electron chi connectivity index (χ2n) is 6.95. The number of rotatable bonds is 7. The summed E-state index contributed by atoms with van der Waals surface area (Å²) in [6, 6.07) is 16.8. The molecule has 0 saturated heterocycles. The lowest BCUT2D eigenvalue weighted by molar-refractivity contribution is 0.600. The van der Waals surface area contributed by atoms with Gasteiger partial charge >= 0.3 is 0 Å². The second-order valence-corrected chi connectivity index (χ2v) is 8.60. The van der Waals surface area contributed by atoms with Gasteiger partial charge in [-0.25, -0.2) is 8.42 Å². The molecule has 0 atom stereocenters. The Balaban J connectivity index is 1.66. The minimum Gasteiger partial charge on any atom is -0.374 e. The molecule has 3 aromatic rings. The number of hydrogen-bond acceptors (Lipinski definition) is 4. The molecule has 1 heterocycles. The third kappa shape index (κ3) is 4.89. The minimum atomic E-state index is -3.61. The van der Waals surface area contributed by atoms with Gasteiger partial charge in [0, 0.05) is 37.4 Å². The van der Waals surface area contributed by atoms with Gasteiger partial charge in [0.25, 0.3) is 10.0 Å². The van der Waals surface area contributed by atoms with Crippen LogP contribution < -0.4 is 9.62 Å². The van der Waals surface area contributed by atoms with E-state index in [1.54, 1.807) is 30.6 Å². The molecule has 3 rings (SSSR count). The lowest BCUT2D eigenvalue weighted by Crippen LogP contribution is -2.20. The topological polar surface area (TPSA) is 62.3 Å². The van der Waals surface area contributed by atoms with E-state index < -0.39 is 10.0 Å². The van der Waals surface area contributed by atoms with Crippen molar-refractivity contribution >= 4 is 21.4 Å². The monoisotopic (exact) mass is 395 g/mol. The Labute approximate surface area is 167 Å². The zero-order valence-corrected chi connectivity index (χ0v) is 17.2. The molecule has 6 heteroatoms. The summed E-state index contributed by atoms with van der Waals surface area (Å²) in [4.78, 5) is 6.48. The summed E-state index contributed by atoms with van der Waals surface area (Å²) in [7, 11) is -1.59. The molecule has 0 unspecified atom stereocenters. The van der Waals surface area contributed by atoms with Gasteiger partial charge in [0.1, 0.15) is 0 Å². The van der Waals surface area contributed by atoms with Gasteiger partial charge in [0.2, 0.25) is 0 Å². The standard InChI is InChI=1S/C22H25N3O2S/c1-17-4-9-22(18(2)16-17)28(26,27)24-20-5-7-21(8-6-20)25(3)15-12-19-10-13-23-14-11-19/h4-11,13-14,16,24H,12,15H2,1-3H3. The van der Waals surface area contributed by atoms with Crippen LogP contribution in [0, 0.1) is 13.8 Å². The largest absolute Gasteiger partial charge is 0.374 e. The highest BCUT2D eigenvalue weighted by Gasteiger charge is 2.17. The molecule has 0 aliphatic rings. The van der Waals surface area contributed by atoms with E-state index in [1.165, 1.54) is 5.56 Å². The number of nitrogens with zero attached hydrogens (tertiary/aromatic N) is 2. The minimum absolute atomic E-state index is 0.302. The molecule has 1 aromatic heterocycles. The smallest absolute Gasteiger partial charge is 0.262 e. The summed E-state index contributed by atoms with van der Waals surface area (Å²) < 4.78 is 28.0. The Hall–Kier alpha value is -2.86. The van der Waals surface area contributed by atoms with Crippen LogP contribution in [0.25, 0.3) is 0 Å². The molecule has 0 bridgehead atoms. The molecular weight excluding hydrogens is 370 g/mol. The third-order valence-electron chi connectivity index (χ3n) is 4.67. The van der Waals surface area contributed by atoms with Gasteiger partial charge < -0.3 is 4.90 Å². The second kappa shape index (κ2) is 8.44. The molecule has 0 aliphatic carbocycles. The van der Waals surface area contributed by atoms with Crippen molar-refractivity contribution in [3.63, 3.8) is 0 Å². The molecule has 0 saturated carbocycles. The normalized spacial score (nSPS) is 11.2. The van der Waals surface area contributed by atoms with E-state index in [0.717, 1.165) is 29.8 Å². The number of likely N-dealkylation sites (N-methyl/N-ethyl adjacent to an activating group) is 1. The summed E-state index contributed by atoms with van der Waals surface area (Å²) in [6.45, 7) is 4.61. The lowest BCUT2D eigenvalue weighted by atomic mass is 10.2. The third-order valence-corrected chi connectivity index (χ3v) is 6.21. The Kier molecular flexibility index (Phi) is 5.99. The highest BCUT2D eigenvalue weighted by Crippen LogP contribution is 2.22. The number of hydrogen-bond donors (Lipinski definition) is 1. The highest BCUT2D eigenvalue weighted by atomic mass is 32.2. The number of nitrogens with one attached hydrogen (secondary N) is 1. The van der Waals surface area contributed by atoms with E-state index in [9.17, 15) is 8.42 Å². The SMILES string of the molecule is Cc1ccc(S(=O)(=O)Nc2ccc(N(C)CCc3ccncc3)cc2)c(C)c1. The maximum Gasteiger partial charge on any atom is 0.262 e. The molecule has 0 aliphatic heterocycles. The van der Waals surface area contributed by atoms with Crippen molar-refractivity contribution in [3.05, 3.63) is 83.7 Å². The van der Waals surface area contributed by atoms with E-state index in [-0.39, 0.29) is 0 Å². The highest BCUT2D eigenvalue weighted by molar-refractivity contribution is 7.92. The first-order valence-electron chi connectivity index (χ1n) is 9.15. The number of aromatic nitrogens is 1. The van der Waals surface area contributed by atoms with Gasteiger partial charge in [0.05, 0.1) is 4.90 Å². The summed E-state index contributed by atoms with van der Waals surface area (Å²) in [5.41, 5.74) is 4.59. The molecule has 5 nitrogen and oxygen atoms in total. The van der Waals surface area contributed by atoms with E-state index in [4.69, 9.17) is 0 Å². The van der Waals surface area contributed by atoms with Gasteiger partial charge in [-0.05, 0) is 73.9 Å². The van der Waals surface area contributed by atoms with Crippen molar-refractivity contribution in [2.75, 3.05) is 23.2 Å². The van der Waals surface area contributed by atoms with Gasteiger partial charge in [-0.15, -0.1) is 0 Å². The van der Waals surface area contributed by atoms with Crippen LogP contribution in [0.1, 0.15) is 16.7 Å². The van der Waals surface area contributed by atoms with Crippen LogP contribution in [0.15, 0.2) is 71.9 Å². The zero-order chi connectivity index (χ0) is 20.1. The fraction of sp³-hybridized carbons (Fsp3) is 0.227. The van der Waals surface area contributed by atoms with Crippen molar-refractivity contribution in [1.82, 2.24) is 4.98 Å². The Bertz CT molecular complexity index is 1030. The van der Waals surface area contributed by atoms with Crippen molar-refractivity contribution in [1.29, 1.82) is 0 Å². The zero-order valence-electron chi connectivity index (χ0n) is 16.4. The van der Waals surface area contributed by atoms with Crippen LogP contribution in [-0.2, 0) is 16.4 Å². The van der Waals surface area contributed by atoms with Crippen molar-refractivity contribution in [3.8, 4) is 0 Å². The van der Waals surface area contributed by atoms with Crippen molar-refractivity contribution in [2.24, 2.45) is 0 Å². The number of aryl methyl sites for hydroxylation is 2. The molecular formula is C22H25N3O2S. The average Bonchev–Trinajstić information content (AvgIpc) is 2.67. The number of benzene rings is 2. The van der Waals surface area contributed by atoms with Crippen LogP contribution in [0.2, 0.25) is 0 Å². The van der Waals surface area contributed by atoms with Gasteiger partial charge in [0.15, 0.2) is 0 Å². The fourth-order valence-electron chi connectivity index (χ4n) is 3.07. The summed E-state index contributed by atoms with van der Waals surface area (Å²) in [6.07, 6.45) is 4.51. The van der Waals surface area contributed by atoms with E-state index in [2.05, 4.69) is 14.6 Å². The molecule has 0 fully saturated rings. The molecule has 0 amide bonds. The first kappa shape index (κ1) is 19.9. The van der Waals surface area contributed by atoms with Crippen molar-refractivity contribution in [2.45, 2.75) is 25.2 Å². The molecule has 28 heavy (non-hydrogen) atoms. The fourth-order valence-corrected chi connectivity index (χ4v) is 4.36. The summed E-state index contributed by atoms with van der Waals surface area (Å²) in [5, 5.41) is 0. The Morgan fingerprint density at radius 2 is 1.64 bits per heavy atom. The van der Waals surface area contributed by atoms with Crippen LogP contribution >= 0.6 is 0 Å². The van der Waals surface area contributed by atoms with Crippen LogP contribution in [0.5, 0.6) is 0 Å². The maximum atomic E-state index is 12.7. The molecule has 0 spiro atoms. The molecule has 0 radical (unpaired) electrons. The number of sulfonamides is 1.